The zero-order valence-electron chi connectivity index (χ0n) is 37.3. The summed E-state index contributed by atoms with van der Waals surface area (Å²) in [6.45, 7) is 3.67. The summed E-state index contributed by atoms with van der Waals surface area (Å²) in [5.74, 6) is -0.888. The number of unbranched alkanes of at least 4 members (excludes halogenated alkanes) is 23. The minimum Gasteiger partial charge on any atom is -0.462 e. The number of carbonyl (C=O) groups excluding carboxylic acids is 2. The van der Waals surface area contributed by atoms with Crippen LogP contribution in [0.5, 0.6) is 0 Å². The number of hydrogen-bond acceptors (Lipinski definition) is 8. The maximum Gasteiger partial charge on any atom is 0.472 e. The molecule has 0 heterocycles. The average Bonchev–Trinajstić information content (AvgIpc) is 3.21. The van der Waals surface area contributed by atoms with E-state index in [4.69, 9.17) is 24.3 Å². The van der Waals surface area contributed by atoms with Gasteiger partial charge in [-0.1, -0.05) is 197 Å². The fraction of sp³-hybridized carbons (Fsp3) is 0.792. The molecule has 0 amide bonds. The maximum absolute atomic E-state index is 12.6. The van der Waals surface area contributed by atoms with Crippen LogP contribution in [-0.2, 0) is 32.7 Å². The molecule has 10 heteroatoms. The molecule has 0 aliphatic heterocycles. The lowest BCUT2D eigenvalue weighted by atomic mass is 10.0. The molecule has 58 heavy (non-hydrogen) atoms. The molecular formula is C48H88NO8P. The second-order valence-corrected chi connectivity index (χ2v) is 17.1. The van der Waals surface area contributed by atoms with Gasteiger partial charge in [-0.3, -0.25) is 18.6 Å². The number of rotatable bonds is 44. The number of nitrogens with two attached hydrogens (primary N) is 1. The Hall–Kier alpha value is -2.03. The van der Waals surface area contributed by atoms with Crippen LogP contribution in [0, 0.1) is 0 Å². The van der Waals surface area contributed by atoms with Gasteiger partial charge in [0.25, 0.3) is 0 Å². The summed E-state index contributed by atoms with van der Waals surface area (Å²) >= 11 is 0. The van der Waals surface area contributed by atoms with Crippen LogP contribution in [0.2, 0.25) is 0 Å². The third-order valence-electron chi connectivity index (χ3n) is 9.97. The fourth-order valence-corrected chi connectivity index (χ4v) is 7.22. The average molecular weight is 838 g/mol. The van der Waals surface area contributed by atoms with E-state index in [9.17, 15) is 19.0 Å². The third-order valence-corrected chi connectivity index (χ3v) is 11.0. The molecule has 3 N–H and O–H groups in total. The molecule has 0 aromatic heterocycles. The molecule has 1 unspecified atom stereocenters. The first-order chi connectivity index (χ1) is 28.3. The molecule has 0 saturated carbocycles. The summed E-state index contributed by atoms with van der Waals surface area (Å²) in [4.78, 5) is 34.9. The molecule has 0 aliphatic carbocycles. The summed E-state index contributed by atoms with van der Waals surface area (Å²) in [5.41, 5.74) is 5.35. The van der Waals surface area contributed by atoms with E-state index in [2.05, 4.69) is 62.5 Å². The standard InChI is InChI=1S/C48H88NO8P/c1-3-5-7-9-11-13-15-17-19-21-22-23-25-27-29-31-33-35-37-39-41-48(51)57-46(45-56-58(52,53)55-43-42-49)44-54-47(50)40-38-36-34-32-30-28-26-24-20-18-16-14-12-10-8-6-4-2/h12,14,18,20,26,28,32,34,46H,3-11,13,15-17,19,21-25,27,29-31,33,35-45,49H2,1-2H3,(H,52,53)/b14-12+,20-18+,28-26+,34-32+/t46-/m1/s1. The van der Waals surface area contributed by atoms with Crippen LogP contribution in [0.3, 0.4) is 0 Å². The van der Waals surface area contributed by atoms with Crippen LogP contribution in [-0.4, -0.2) is 49.3 Å². The summed E-state index contributed by atoms with van der Waals surface area (Å²) in [6, 6.07) is 0. The predicted octanol–water partition coefficient (Wildman–Crippen LogP) is 13.9. The third kappa shape index (κ3) is 43.5. The molecule has 0 bridgehead atoms. The Morgan fingerprint density at radius 1 is 0.517 bits per heavy atom. The lowest BCUT2D eigenvalue weighted by Crippen LogP contribution is -2.29. The van der Waals surface area contributed by atoms with Crippen LogP contribution in [0.4, 0.5) is 0 Å². The van der Waals surface area contributed by atoms with Crippen LogP contribution in [0.1, 0.15) is 213 Å². The van der Waals surface area contributed by atoms with E-state index < -0.39 is 32.5 Å². The largest absolute Gasteiger partial charge is 0.472 e. The molecule has 0 saturated heterocycles. The zero-order valence-corrected chi connectivity index (χ0v) is 38.2. The number of carbonyl (C=O) groups is 2. The Balaban J connectivity index is 4.15. The minimum absolute atomic E-state index is 0.0461. The first-order valence-corrected chi connectivity index (χ1v) is 25.1. The lowest BCUT2D eigenvalue weighted by molar-refractivity contribution is -0.161. The summed E-state index contributed by atoms with van der Waals surface area (Å²) in [5, 5.41) is 0. The number of phosphoric ester groups is 1. The van der Waals surface area contributed by atoms with Crippen molar-refractivity contribution in [1.29, 1.82) is 0 Å². The molecule has 0 aliphatic rings. The van der Waals surface area contributed by atoms with Crippen molar-refractivity contribution in [3.63, 3.8) is 0 Å². The highest BCUT2D eigenvalue weighted by atomic mass is 31.2. The summed E-state index contributed by atoms with van der Waals surface area (Å²) < 4.78 is 32.8. The molecule has 338 valence electrons. The molecule has 0 aromatic carbocycles. The SMILES string of the molecule is CCCCC/C=C/C/C=C/C/C=C/C/C=C/CCCC(=O)OC[C@H](COP(=O)(O)OCCN)OC(=O)CCCCCCCCCCCCCCCCCCCCCC. The van der Waals surface area contributed by atoms with Gasteiger partial charge in [-0.25, -0.2) is 4.57 Å². The normalized spacial score (nSPS) is 13.7. The number of ether oxygens (including phenoxy) is 2. The number of esters is 2. The Kier molecular flexibility index (Phi) is 43.0. The fourth-order valence-electron chi connectivity index (χ4n) is 6.45. The minimum atomic E-state index is -4.39. The number of allylic oxidation sites excluding steroid dienone is 8. The Morgan fingerprint density at radius 2 is 0.914 bits per heavy atom. The van der Waals surface area contributed by atoms with E-state index >= 15 is 0 Å². The highest BCUT2D eigenvalue weighted by molar-refractivity contribution is 7.47. The second-order valence-electron chi connectivity index (χ2n) is 15.6. The first-order valence-electron chi connectivity index (χ1n) is 23.6. The Bertz CT molecular complexity index is 1090. The molecule has 0 fully saturated rings. The van der Waals surface area contributed by atoms with Gasteiger partial charge in [0, 0.05) is 19.4 Å². The van der Waals surface area contributed by atoms with Crippen LogP contribution in [0.15, 0.2) is 48.6 Å². The molecule has 0 rings (SSSR count). The van der Waals surface area contributed by atoms with Gasteiger partial charge in [0.15, 0.2) is 6.10 Å². The van der Waals surface area contributed by atoms with E-state index in [-0.39, 0.29) is 32.6 Å². The van der Waals surface area contributed by atoms with Gasteiger partial charge >= 0.3 is 19.8 Å². The molecule has 0 aromatic rings. The molecule has 9 nitrogen and oxygen atoms in total. The number of phosphoric acid groups is 1. The van der Waals surface area contributed by atoms with Crippen molar-refractivity contribution in [2.75, 3.05) is 26.4 Å². The van der Waals surface area contributed by atoms with Gasteiger partial charge in [0.1, 0.15) is 6.61 Å². The van der Waals surface area contributed by atoms with E-state index in [0.717, 1.165) is 44.9 Å². The van der Waals surface area contributed by atoms with Crippen molar-refractivity contribution in [2.45, 2.75) is 219 Å². The summed E-state index contributed by atoms with van der Waals surface area (Å²) in [7, 11) is -4.39. The highest BCUT2D eigenvalue weighted by Gasteiger charge is 2.26. The zero-order chi connectivity index (χ0) is 42.5. The highest BCUT2D eigenvalue weighted by Crippen LogP contribution is 2.43. The number of hydrogen-bond donors (Lipinski definition) is 2. The predicted molar refractivity (Wildman–Crippen MR) is 243 cm³/mol. The first kappa shape index (κ1) is 56.0. The van der Waals surface area contributed by atoms with Crippen molar-refractivity contribution in [3.8, 4) is 0 Å². The molecule has 0 radical (unpaired) electrons. The maximum atomic E-state index is 12.6. The van der Waals surface area contributed by atoms with Crippen molar-refractivity contribution < 1.29 is 37.6 Å². The Morgan fingerprint density at radius 3 is 1.38 bits per heavy atom. The van der Waals surface area contributed by atoms with Gasteiger partial charge in [-0.2, -0.15) is 0 Å². The van der Waals surface area contributed by atoms with Gasteiger partial charge < -0.3 is 20.1 Å². The topological polar surface area (TPSA) is 134 Å². The smallest absolute Gasteiger partial charge is 0.462 e. The van der Waals surface area contributed by atoms with Gasteiger partial charge in [0.05, 0.1) is 13.2 Å². The molecule has 0 spiro atoms. The van der Waals surface area contributed by atoms with Crippen LogP contribution < -0.4 is 5.73 Å². The molecular weight excluding hydrogens is 750 g/mol. The Labute approximate surface area is 356 Å². The van der Waals surface area contributed by atoms with E-state index in [0.29, 0.717) is 12.8 Å². The second kappa shape index (κ2) is 44.5. The molecule has 2 atom stereocenters. The van der Waals surface area contributed by atoms with Crippen molar-refractivity contribution in [3.05, 3.63) is 48.6 Å². The lowest BCUT2D eigenvalue weighted by Gasteiger charge is -2.19. The monoisotopic (exact) mass is 838 g/mol. The quantitative estimate of drug-likeness (QED) is 0.0266. The van der Waals surface area contributed by atoms with Gasteiger partial charge in [0.2, 0.25) is 0 Å². The van der Waals surface area contributed by atoms with Crippen molar-refractivity contribution in [2.24, 2.45) is 5.73 Å². The van der Waals surface area contributed by atoms with E-state index in [1.54, 1.807) is 0 Å². The van der Waals surface area contributed by atoms with Gasteiger partial charge in [-0.15, -0.1) is 0 Å². The summed E-state index contributed by atoms with van der Waals surface area (Å²) in [6.07, 6.45) is 51.5. The van der Waals surface area contributed by atoms with Gasteiger partial charge in [-0.05, 0) is 51.4 Å². The van der Waals surface area contributed by atoms with E-state index in [1.165, 1.54) is 128 Å². The van der Waals surface area contributed by atoms with Crippen LogP contribution >= 0.6 is 7.82 Å². The van der Waals surface area contributed by atoms with Crippen molar-refractivity contribution >= 4 is 19.8 Å². The van der Waals surface area contributed by atoms with Crippen molar-refractivity contribution in [1.82, 2.24) is 0 Å². The van der Waals surface area contributed by atoms with E-state index in [1.807, 2.05) is 0 Å². The van der Waals surface area contributed by atoms with Crippen LogP contribution in [0.25, 0.3) is 0 Å².